The van der Waals surface area contributed by atoms with Crippen molar-refractivity contribution in [3.05, 3.63) is 23.1 Å². The predicted octanol–water partition coefficient (Wildman–Crippen LogP) is 2.03. The van der Waals surface area contributed by atoms with Crippen LogP contribution in [0.1, 0.15) is 25.5 Å². The largest absolute Gasteiger partial charge is 0.448 e. The lowest BCUT2D eigenvalue weighted by atomic mass is 10.1. The molecule has 0 radical (unpaired) electrons. The van der Waals surface area contributed by atoms with Crippen LogP contribution in [0.2, 0.25) is 5.22 Å². The highest BCUT2D eigenvalue weighted by Gasteiger charge is 2.20. The summed E-state index contributed by atoms with van der Waals surface area (Å²) < 4.78 is 5.27. The fourth-order valence-electron chi connectivity index (χ4n) is 2.09. The van der Waals surface area contributed by atoms with Crippen molar-refractivity contribution in [1.29, 1.82) is 0 Å². The molecule has 4 nitrogen and oxygen atoms in total. The lowest BCUT2D eigenvalue weighted by molar-refractivity contribution is -0.129. The van der Waals surface area contributed by atoms with Crippen molar-refractivity contribution in [1.82, 2.24) is 10.2 Å². The number of likely N-dealkylation sites (tertiary alicyclic amines) is 1. The van der Waals surface area contributed by atoms with Gasteiger partial charge in [-0.2, -0.15) is 0 Å². The molecule has 0 aromatic carbocycles. The van der Waals surface area contributed by atoms with E-state index in [0.29, 0.717) is 17.8 Å². The van der Waals surface area contributed by atoms with Gasteiger partial charge in [-0.25, -0.2) is 0 Å². The van der Waals surface area contributed by atoms with Crippen molar-refractivity contribution < 1.29 is 9.21 Å². The van der Waals surface area contributed by atoms with Crippen molar-refractivity contribution in [3.63, 3.8) is 0 Å². The van der Waals surface area contributed by atoms with E-state index in [0.717, 1.165) is 31.7 Å². The Kier molecular flexibility index (Phi) is 4.07. The lowest BCUT2D eigenvalue weighted by Crippen LogP contribution is -2.43. The molecule has 1 N–H and O–H groups in total. The average molecular weight is 257 g/mol. The van der Waals surface area contributed by atoms with E-state index < -0.39 is 0 Å². The van der Waals surface area contributed by atoms with Crippen LogP contribution >= 0.6 is 11.6 Å². The number of carbonyl (C=O) groups is 1. The zero-order valence-corrected chi connectivity index (χ0v) is 10.7. The second-order valence-electron chi connectivity index (χ2n) is 4.37. The number of carbonyl (C=O) groups excluding carboxylic acids is 1. The molecule has 1 aliphatic rings. The summed E-state index contributed by atoms with van der Waals surface area (Å²) in [5.41, 5.74) is 0. The molecular formula is C12H17ClN2O2. The third-order valence-electron chi connectivity index (χ3n) is 3.13. The van der Waals surface area contributed by atoms with Crippen molar-refractivity contribution >= 4 is 17.5 Å². The van der Waals surface area contributed by atoms with Gasteiger partial charge in [0.05, 0.1) is 6.54 Å². The molecule has 5 heteroatoms. The number of nitrogens with one attached hydrogen (secondary N) is 1. The van der Waals surface area contributed by atoms with Gasteiger partial charge < -0.3 is 14.6 Å². The molecule has 1 aliphatic heterocycles. The van der Waals surface area contributed by atoms with Crippen molar-refractivity contribution in [2.75, 3.05) is 13.1 Å². The van der Waals surface area contributed by atoms with Gasteiger partial charge in [-0.05, 0) is 36.6 Å². The minimum atomic E-state index is 0.168. The molecule has 0 spiro atoms. The van der Waals surface area contributed by atoms with E-state index in [1.54, 1.807) is 13.0 Å². The number of amides is 1. The Hall–Kier alpha value is -1.00. The molecule has 2 heterocycles. The van der Waals surface area contributed by atoms with Crippen LogP contribution in [-0.2, 0) is 11.3 Å². The Labute approximate surface area is 106 Å². The van der Waals surface area contributed by atoms with Crippen LogP contribution in [0.3, 0.4) is 0 Å². The molecule has 94 valence electrons. The summed E-state index contributed by atoms with van der Waals surface area (Å²) in [5, 5.41) is 3.84. The molecule has 0 unspecified atom stereocenters. The van der Waals surface area contributed by atoms with Gasteiger partial charge in [0, 0.05) is 26.1 Å². The maximum Gasteiger partial charge on any atom is 0.219 e. The maximum atomic E-state index is 11.2. The normalized spacial score (nSPS) is 17.4. The Balaban J connectivity index is 1.73. The highest BCUT2D eigenvalue weighted by molar-refractivity contribution is 6.28. The molecule has 1 fully saturated rings. The lowest BCUT2D eigenvalue weighted by Gasteiger charge is -2.31. The predicted molar refractivity (Wildman–Crippen MR) is 65.8 cm³/mol. The molecule has 1 aromatic heterocycles. The molecule has 1 saturated heterocycles. The van der Waals surface area contributed by atoms with E-state index in [1.807, 2.05) is 11.0 Å². The number of rotatable bonds is 3. The van der Waals surface area contributed by atoms with Gasteiger partial charge in [-0.15, -0.1) is 0 Å². The number of piperidine rings is 1. The minimum absolute atomic E-state index is 0.168. The molecule has 0 aliphatic carbocycles. The van der Waals surface area contributed by atoms with Crippen molar-refractivity contribution in [2.24, 2.45) is 0 Å². The summed E-state index contributed by atoms with van der Waals surface area (Å²) in [6.07, 6.45) is 1.99. The second kappa shape index (κ2) is 5.56. The van der Waals surface area contributed by atoms with Gasteiger partial charge in [0.15, 0.2) is 5.22 Å². The second-order valence-corrected chi connectivity index (χ2v) is 4.74. The smallest absolute Gasteiger partial charge is 0.219 e. The van der Waals surface area contributed by atoms with Crippen LogP contribution in [-0.4, -0.2) is 29.9 Å². The SMILES string of the molecule is CC(=O)N1CCC(NCc2ccc(Cl)o2)CC1. The fourth-order valence-corrected chi connectivity index (χ4v) is 2.25. The van der Waals surface area contributed by atoms with E-state index in [4.69, 9.17) is 16.0 Å². The molecule has 17 heavy (non-hydrogen) atoms. The fraction of sp³-hybridized carbons (Fsp3) is 0.583. The van der Waals surface area contributed by atoms with Crippen LogP contribution in [0.5, 0.6) is 0 Å². The van der Waals surface area contributed by atoms with Crippen LogP contribution in [0.4, 0.5) is 0 Å². The summed E-state index contributed by atoms with van der Waals surface area (Å²) in [5.74, 6) is 1.02. The van der Waals surface area contributed by atoms with Crippen LogP contribution in [0.15, 0.2) is 16.5 Å². The van der Waals surface area contributed by atoms with Gasteiger partial charge in [-0.1, -0.05) is 0 Å². The van der Waals surface area contributed by atoms with Crippen molar-refractivity contribution in [2.45, 2.75) is 32.4 Å². The molecule has 1 aromatic rings. The minimum Gasteiger partial charge on any atom is -0.448 e. The molecule has 2 rings (SSSR count). The summed E-state index contributed by atoms with van der Waals surface area (Å²) in [7, 11) is 0. The van der Waals surface area contributed by atoms with Crippen LogP contribution < -0.4 is 5.32 Å². The molecule has 1 amide bonds. The van der Waals surface area contributed by atoms with Gasteiger partial charge in [0.1, 0.15) is 5.76 Å². The average Bonchev–Trinajstić information content (AvgIpc) is 2.73. The highest BCUT2D eigenvalue weighted by atomic mass is 35.5. The van der Waals surface area contributed by atoms with E-state index in [1.165, 1.54) is 0 Å². The summed E-state index contributed by atoms with van der Waals surface area (Å²) >= 11 is 5.70. The monoisotopic (exact) mass is 256 g/mol. The number of furan rings is 1. The first-order valence-corrected chi connectivity index (χ1v) is 6.26. The molecule has 0 bridgehead atoms. The maximum absolute atomic E-state index is 11.2. The van der Waals surface area contributed by atoms with E-state index >= 15 is 0 Å². The molecule has 0 atom stereocenters. The third kappa shape index (κ3) is 3.48. The van der Waals surface area contributed by atoms with Gasteiger partial charge >= 0.3 is 0 Å². The topological polar surface area (TPSA) is 45.5 Å². The van der Waals surface area contributed by atoms with E-state index in [2.05, 4.69) is 5.32 Å². The molecular weight excluding hydrogens is 240 g/mol. The van der Waals surface area contributed by atoms with Crippen LogP contribution in [0.25, 0.3) is 0 Å². The number of hydrogen-bond acceptors (Lipinski definition) is 3. The van der Waals surface area contributed by atoms with Gasteiger partial charge in [-0.3, -0.25) is 4.79 Å². The third-order valence-corrected chi connectivity index (χ3v) is 3.34. The van der Waals surface area contributed by atoms with Gasteiger partial charge in [0.25, 0.3) is 0 Å². The first-order valence-electron chi connectivity index (χ1n) is 5.88. The zero-order chi connectivity index (χ0) is 12.3. The number of halogens is 1. The van der Waals surface area contributed by atoms with Crippen LogP contribution in [0, 0.1) is 0 Å². The van der Waals surface area contributed by atoms with Crippen molar-refractivity contribution in [3.8, 4) is 0 Å². The molecule has 0 saturated carbocycles. The zero-order valence-electron chi connectivity index (χ0n) is 9.91. The Bertz CT molecular complexity index is 384. The summed E-state index contributed by atoms with van der Waals surface area (Å²) in [4.78, 5) is 13.1. The number of nitrogens with zero attached hydrogens (tertiary/aromatic N) is 1. The Morgan fingerprint density at radius 3 is 2.76 bits per heavy atom. The summed E-state index contributed by atoms with van der Waals surface area (Å²) in [6.45, 7) is 3.99. The Morgan fingerprint density at radius 2 is 2.24 bits per heavy atom. The quantitative estimate of drug-likeness (QED) is 0.900. The van der Waals surface area contributed by atoms with E-state index in [9.17, 15) is 4.79 Å². The Morgan fingerprint density at radius 1 is 1.53 bits per heavy atom. The highest BCUT2D eigenvalue weighted by Crippen LogP contribution is 2.15. The summed E-state index contributed by atoms with van der Waals surface area (Å²) in [6, 6.07) is 4.08. The first kappa shape index (κ1) is 12.5. The van der Waals surface area contributed by atoms with Gasteiger partial charge in [0.2, 0.25) is 5.91 Å². The van der Waals surface area contributed by atoms with E-state index in [-0.39, 0.29) is 5.91 Å². The standard InChI is InChI=1S/C12H17ClN2O2/c1-9(16)15-6-4-10(5-7-15)14-8-11-2-3-12(13)17-11/h2-3,10,14H,4-8H2,1H3. The number of hydrogen-bond donors (Lipinski definition) is 1. The first-order chi connectivity index (χ1) is 8.15.